The number of hydrogen-bond acceptors (Lipinski definition) is 1. The zero-order valence-electron chi connectivity index (χ0n) is 9.51. The lowest BCUT2D eigenvalue weighted by atomic mass is 9.81. The predicted molar refractivity (Wildman–Crippen MR) is 61.4 cm³/mol. The summed E-state index contributed by atoms with van der Waals surface area (Å²) in [7, 11) is 0. The average molecular weight is 198 g/mol. The van der Waals surface area contributed by atoms with Gasteiger partial charge in [-0.2, -0.15) is 0 Å². The van der Waals surface area contributed by atoms with Crippen molar-refractivity contribution in [2.24, 2.45) is 5.92 Å². The first-order valence-corrected chi connectivity index (χ1v) is 6.54. The van der Waals surface area contributed by atoms with Gasteiger partial charge < -0.3 is 5.11 Å². The Labute approximate surface area is 88.9 Å². The Bertz CT molecular complexity index is 118. The van der Waals surface area contributed by atoms with Crippen LogP contribution in [0.25, 0.3) is 0 Å². The Balaban J connectivity index is 1.67. The molecule has 1 fully saturated rings. The van der Waals surface area contributed by atoms with Crippen molar-refractivity contribution >= 4 is 0 Å². The van der Waals surface area contributed by atoms with Gasteiger partial charge in [0.05, 0.1) is 0 Å². The van der Waals surface area contributed by atoms with E-state index < -0.39 is 0 Å². The van der Waals surface area contributed by atoms with Gasteiger partial charge in [0.1, 0.15) is 0 Å². The summed E-state index contributed by atoms with van der Waals surface area (Å²) >= 11 is 0. The SMILES string of the molecule is OCCCCCCCCCC1CCC1. The van der Waals surface area contributed by atoms with Gasteiger partial charge in [0, 0.05) is 6.61 Å². The van der Waals surface area contributed by atoms with Crippen LogP contribution in [0.4, 0.5) is 0 Å². The Morgan fingerprint density at radius 3 is 1.86 bits per heavy atom. The van der Waals surface area contributed by atoms with Crippen LogP contribution in [0.1, 0.15) is 70.6 Å². The number of hydrogen-bond donors (Lipinski definition) is 1. The first-order valence-electron chi connectivity index (χ1n) is 6.54. The molecule has 0 unspecified atom stereocenters. The van der Waals surface area contributed by atoms with Gasteiger partial charge >= 0.3 is 0 Å². The minimum absolute atomic E-state index is 0.377. The lowest BCUT2D eigenvalue weighted by Crippen LogP contribution is -2.10. The van der Waals surface area contributed by atoms with Crippen LogP contribution in [-0.2, 0) is 0 Å². The van der Waals surface area contributed by atoms with E-state index in [1.807, 2.05) is 0 Å². The molecule has 0 aromatic rings. The molecule has 1 rings (SSSR count). The lowest BCUT2D eigenvalue weighted by molar-refractivity contribution is 0.280. The summed E-state index contributed by atoms with van der Waals surface area (Å²) in [4.78, 5) is 0. The van der Waals surface area contributed by atoms with Crippen LogP contribution in [0.15, 0.2) is 0 Å². The molecule has 1 aliphatic rings. The van der Waals surface area contributed by atoms with Crippen LogP contribution < -0.4 is 0 Å². The average Bonchev–Trinajstić information content (AvgIpc) is 2.13. The molecule has 0 bridgehead atoms. The zero-order valence-corrected chi connectivity index (χ0v) is 9.51. The van der Waals surface area contributed by atoms with Gasteiger partial charge in [-0.05, 0) is 12.3 Å². The van der Waals surface area contributed by atoms with Crippen LogP contribution in [-0.4, -0.2) is 11.7 Å². The molecule has 14 heavy (non-hydrogen) atoms. The van der Waals surface area contributed by atoms with Crippen molar-refractivity contribution in [2.75, 3.05) is 6.61 Å². The van der Waals surface area contributed by atoms with Crippen molar-refractivity contribution in [1.29, 1.82) is 0 Å². The Morgan fingerprint density at radius 1 is 0.786 bits per heavy atom. The molecule has 0 aliphatic heterocycles. The summed E-state index contributed by atoms with van der Waals surface area (Å²) in [6.45, 7) is 0.377. The quantitative estimate of drug-likeness (QED) is 0.557. The molecular formula is C13H26O. The summed E-state index contributed by atoms with van der Waals surface area (Å²) in [5.74, 6) is 1.10. The van der Waals surface area contributed by atoms with Crippen LogP contribution in [0.5, 0.6) is 0 Å². The summed E-state index contributed by atoms with van der Waals surface area (Å²) < 4.78 is 0. The number of unbranched alkanes of at least 4 members (excludes halogenated alkanes) is 6. The van der Waals surface area contributed by atoms with Gasteiger partial charge in [-0.15, -0.1) is 0 Å². The normalized spacial score (nSPS) is 16.9. The van der Waals surface area contributed by atoms with Crippen molar-refractivity contribution in [3.63, 3.8) is 0 Å². The smallest absolute Gasteiger partial charge is 0.0431 e. The molecule has 1 aliphatic carbocycles. The molecule has 0 saturated heterocycles. The number of aliphatic hydroxyl groups excluding tert-OH is 1. The van der Waals surface area contributed by atoms with E-state index in [-0.39, 0.29) is 0 Å². The molecule has 0 amide bonds. The van der Waals surface area contributed by atoms with Crippen molar-refractivity contribution in [2.45, 2.75) is 70.6 Å². The van der Waals surface area contributed by atoms with Gasteiger partial charge in [-0.25, -0.2) is 0 Å². The van der Waals surface area contributed by atoms with Crippen molar-refractivity contribution in [1.82, 2.24) is 0 Å². The highest BCUT2D eigenvalue weighted by atomic mass is 16.2. The van der Waals surface area contributed by atoms with E-state index in [1.165, 1.54) is 64.2 Å². The summed E-state index contributed by atoms with van der Waals surface area (Å²) in [5, 5.41) is 8.60. The van der Waals surface area contributed by atoms with Crippen molar-refractivity contribution in [3.05, 3.63) is 0 Å². The fraction of sp³-hybridized carbons (Fsp3) is 1.00. The third-order valence-electron chi connectivity index (χ3n) is 3.50. The van der Waals surface area contributed by atoms with Crippen molar-refractivity contribution < 1.29 is 5.11 Å². The van der Waals surface area contributed by atoms with E-state index in [9.17, 15) is 0 Å². The molecule has 0 aromatic carbocycles. The molecule has 84 valence electrons. The standard InChI is InChI=1S/C13H26O/c14-12-7-5-3-1-2-4-6-9-13-10-8-11-13/h13-14H,1-12H2. The predicted octanol–water partition coefficient (Wildman–Crippen LogP) is 3.90. The first-order chi connectivity index (χ1) is 6.93. The van der Waals surface area contributed by atoms with Crippen LogP contribution in [0.3, 0.4) is 0 Å². The van der Waals surface area contributed by atoms with Gasteiger partial charge in [-0.3, -0.25) is 0 Å². The van der Waals surface area contributed by atoms with Crippen LogP contribution in [0.2, 0.25) is 0 Å². The highest BCUT2D eigenvalue weighted by Gasteiger charge is 2.15. The second kappa shape index (κ2) is 8.28. The fourth-order valence-electron chi connectivity index (χ4n) is 2.21. The highest BCUT2D eigenvalue weighted by molar-refractivity contribution is 4.68. The monoisotopic (exact) mass is 198 g/mol. The maximum absolute atomic E-state index is 8.60. The largest absolute Gasteiger partial charge is 0.396 e. The van der Waals surface area contributed by atoms with Gasteiger partial charge in [-0.1, -0.05) is 64.2 Å². The fourth-order valence-corrected chi connectivity index (χ4v) is 2.21. The minimum Gasteiger partial charge on any atom is -0.396 e. The van der Waals surface area contributed by atoms with Crippen LogP contribution >= 0.6 is 0 Å². The Morgan fingerprint density at radius 2 is 1.36 bits per heavy atom. The van der Waals surface area contributed by atoms with E-state index >= 15 is 0 Å². The Hall–Kier alpha value is -0.0400. The second-order valence-corrected chi connectivity index (χ2v) is 4.78. The molecule has 0 radical (unpaired) electrons. The van der Waals surface area contributed by atoms with Gasteiger partial charge in [0.15, 0.2) is 0 Å². The number of aliphatic hydroxyl groups is 1. The minimum atomic E-state index is 0.377. The third-order valence-corrected chi connectivity index (χ3v) is 3.50. The molecule has 1 heteroatoms. The van der Waals surface area contributed by atoms with E-state index in [1.54, 1.807) is 0 Å². The molecule has 1 saturated carbocycles. The Kier molecular flexibility index (Phi) is 7.12. The first kappa shape index (κ1) is 12.0. The summed E-state index contributed by atoms with van der Waals surface area (Å²) in [5.41, 5.74) is 0. The molecule has 0 atom stereocenters. The van der Waals surface area contributed by atoms with Gasteiger partial charge in [0.2, 0.25) is 0 Å². The highest BCUT2D eigenvalue weighted by Crippen LogP contribution is 2.31. The molecular weight excluding hydrogens is 172 g/mol. The maximum atomic E-state index is 8.60. The molecule has 0 spiro atoms. The molecule has 0 heterocycles. The van der Waals surface area contributed by atoms with Crippen molar-refractivity contribution in [3.8, 4) is 0 Å². The van der Waals surface area contributed by atoms with E-state index in [2.05, 4.69) is 0 Å². The molecule has 0 aromatic heterocycles. The third kappa shape index (κ3) is 5.64. The van der Waals surface area contributed by atoms with E-state index in [4.69, 9.17) is 5.11 Å². The maximum Gasteiger partial charge on any atom is 0.0431 e. The molecule has 1 nitrogen and oxygen atoms in total. The van der Waals surface area contributed by atoms with E-state index in [0.717, 1.165) is 12.3 Å². The summed E-state index contributed by atoms with van der Waals surface area (Å²) in [6.07, 6.45) is 15.3. The van der Waals surface area contributed by atoms with Gasteiger partial charge in [0.25, 0.3) is 0 Å². The zero-order chi connectivity index (χ0) is 10.1. The number of rotatable bonds is 9. The van der Waals surface area contributed by atoms with E-state index in [0.29, 0.717) is 6.61 Å². The summed E-state index contributed by atoms with van der Waals surface area (Å²) in [6, 6.07) is 0. The molecule has 1 N–H and O–H groups in total. The second-order valence-electron chi connectivity index (χ2n) is 4.78. The topological polar surface area (TPSA) is 20.2 Å². The van der Waals surface area contributed by atoms with Crippen LogP contribution in [0, 0.1) is 5.92 Å². The lowest BCUT2D eigenvalue weighted by Gasteiger charge is -2.24.